The molecular weight excluding hydrogens is 230 g/mol. The van der Waals surface area contributed by atoms with Gasteiger partial charge in [-0.2, -0.15) is 0 Å². The van der Waals surface area contributed by atoms with Crippen LogP contribution >= 0.6 is 0 Å². The van der Waals surface area contributed by atoms with Gasteiger partial charge in [0.05, 0.1) is 12.5 Å². The molecule has 0 spiro atoms. The van der Waals surface area contributed by atoms with Crippen molar-refractivity contribution in [1.29, 1.82) is 0 Å². The fraction of sp³-hybridized carbons (Fsp3) is 0.846. The molecule has 1 aliphatic heterocycles. The smallest absolute Gasteiger partial charge is 0.239 e. The van der Waals surface area contributed by atoms with Crippen LogP contribution < -0.4 is 10.6 Å². The number of carbonyl (C=O) groups is 2. The van der Waals surface area contributed by atoms with Crippen molar-refractivity contribution < 1.29 is 9.59 Å². The summed E-state index contributed by atoms with van der Waals surface area (Å²) >= 11 is 0. The Bertz CT molecular complexity index is 305. The maximum Gasteiger partial charge on any atom is 0.239 e. The van der Waals surface area contributed by atoms with Gasteiger partial charge in [0.2, 0.25) is 11.8 Å². The minimum absolute atomic E-state index is 0.00407. The molecule has 2 unspecified atom stereocenters. The van der Waals surface area contributed by atoms with Crippen molar-refractivity contribution in [3.63, 3.8) is 0 Å². The highest BCUT2D eigenvalue weighted by Gasteiger charge is 2.30. The van der Waals surface area contributed by atoms with Crippen LogP contribution in [0.2, 0.25) is 0 Å². The maximum absolute atomic E-state index is 12.2. The van der Waals surface area contributed by atoms with E-state index in [-0.39, 0.29) is 36.4 Å². The highest BCUT2D eigenvalue weighted by atomic mass is 16.2. The number of likely N-dealkylation sites (N-methyl/N-ethyl adjacent to an activating group) is 1. The summed E-state index contributed by atoms with van der Waals surface area (Å²) in [6.45, 7) is 6.96. The molecule has 5 heteroatoms. The fourth-order valence-electron chi connectivity index (χ4n) is 2.33. The molecule has 2 atom stereocenters. The molecule has 5 nitrogen and oxygen atoms in total. The van der Waals surface area contributed by atoms with E-state index < -0.39 is 0 Å². The Kier molecular flexibility index (Phi) is 5.59. The molecule has 1 saturated heterocycles. The van der Waals surface area contributed by atoms with E-state index >= 15 is 0 Å². The SMILES string of the molecule is CC(C)NC(=O)CN(C)C(=O)C1CCCNC1C. The first-order chi connectivity index (χ1) is 8.41. The van der Waals surface area contributed by atoms with Gasteiger partial charge in [-0.1, -0.05) is 0 Å². The zero-order valence-corrected chi connectivity index (χ0v) is 11.8. The van der Waals surface area contributed by atoms with Gasteiger partial charge in [0, 0.05) is 19.1 Å². The third-order valence-corrected chi connectivity index (χ3v) is 3.29. The van der Waals surface area contributed by atoms with Crippen molar-refractivity contribution in [2.45, 2.75) is 45.7 Å². The number of nitrogens with one attached hydrogen (secondary N) is 2. The van der Waals surface area contributed by atoms with Crippen LogP contribution in [0.25, 0.3) is 0 Å². The van der Waals surface area contributed by atoms with E-state index in [9.17, 15) is 9.59 Å². The monoisotopic (exact) mass is 255 g/mol. The van der Waals surface area contributed by atoms with E-state index in [1.807, 2.05) is 20.8 Å². The van der Waals surface area contributed by atoms with Crippen LogP contribution in [0.3, 0.4) is 0 Å². The van der Waals surface area contributed by atoms with Crippen LogP contribution in [0, 0.1) is 5.92 Å². The molecule has 0 radical (unpaired) electrons. The van der Waals surface area contributed by atoms with Gasteiger partial charge in [0.25, 0.3) is 0 Å². The van der Waals surface area contributed by atoms with Gasteiger partial charge < -0.3 is 15.5 Å². The third-order valence-electron chi connectivity index (χ3n) is 3.29. The summed E-state index contributed by atoms with van der Waals surface area (Å²) in [5, 5.41) is 6.10. The maximum atomic E-state index is 12.2. The Labute approximate surface area is 109 Å². The minimum atomic E-state index is -0.0997. The first kappa shape index (κ1) is 15.0. The zero-order valence-electron chi connectivity index (χ0n) is 11.8. The first-order valence-electron chi connectivity index (χ1n) is 6.69. The molecule has 1 heterocycles. The number of nitrogens with zero attached hydrogens (tertiary/aromatic N) is 1. The van der Waals surface area contributed by atoms with Crippen molar-refractivity contribution in [2.24, 2.45) is 5.92 Å². The predicted octanol–water partition coefficient (Wildman–Crippen LogP) is 0.358. The van der Waals surface area contributed by atoms with E-state index in [2.05, 4.69) is 10.6 Å². The van der Waals surface area contributed by atoms with Crippen LogP contribution in [-0.2, 0) is 9.59 Å². The summed E-state index contributed by atoms with van der Waals surface area (Å²) < 4.78 is 0. The summed E-state index contributed by atoms with van der Waals surface area (Å²) in [5.74, 6) is -0.0403. The van der Waals surface area contributed by atoms with E-state index in [1.165, 1.54) is 4.90 Å². The average Bonchev–Trinajstić information content (AvgIpc) is 2.27. The molecule has 18 heavy (non-hydrogen) atoms. The lowest BCUT2D eigenvalue weighted by molar-refractivity contribution is -0.139. The molecular formula is C13H25N3O2. The summed E-state index contributed by atoms with van der Waals surface area (Å²) in [7, 11) is 1.70. The van der Waals surface area contributed by atoms with E-state index in [4.69, 9.17) is 0 Å². The quantitative estimate of drug-likeness (QED) is 0.762. The predicted molar refractivity (Wildman–Crippen MR) is 71.1 cm³/mol. The van der Waals surface area contributed by atoms with E-state index in [0.717, 1.165) is 19.4 Å². The Morgan fingerprint density at radius 1 is 1.44 bits per heavy atom. The molecule has 0 aromatic rings. The number of piperidine rings is 1. The molecule has 0 bridgehead atoms. The highest BCUT2D eigenvalue weighted by molar-refractivity contribution is 5.86. The van der Waals surface area contributed by atoms with Crippen molar-refractivity contribution in [3.8, 4) is 0 Å². The Hall–Kier alpha value is -1.10. The summed E-state index contributed by atoms with van der Waals surface area (Å²) in [4.78, 5) is 25.4. The minimum Gasteiger partial charge on any atom is -0.352 e. The average molecular weight is 255 g/mol. The molecule has 0 aromatic carbocycles. The van der Waals surface area contributed by atoms with Gasteiger partial charge in [0.1, 0.15) is 0 Å². The molecule has 2 N–H and O–H groups in total. The summed E-state index contributed by atoms with van der Waals surface area (Å²) in [6.07, 6.45) is 1.93. The summed E-state index contributed by atoms with van der Waals surface area (Å²) in [5.41, 5.74) is 0. The van der Waals surface area contributed by atoms with Crippen LogP contribution in [0.1, 0.15) is 33.6 Å². The molecule has 1 aliphatic rings. The number of amides is 2. The second-order valence-corrected chi connectivity index (χ2v) is 5.41. The number of hydrogen-bond acceptors (Lipinski definition) is 3. The molecule has 1 rings (SSSR count). The number of carbonyl (C=O) groups excluding carboxylic acids is 2. The normalized spacial score (nSPS) is 23.8. The van der Waals surface area contributed by atoms with Crippen LogP contribution in [-0.4, -0.2) is 48.9 Å². The van der Waals surface area contributed by atoms with Crippen molar-refractivity contribution in [1.82, 2.24) is 15.5 Å². The third kappa shape index (κ3) is 4.29. The van der Waals surface area contributed by atoms with Gasteiger partial charge in [-0.05, 0) is 40.2 Å². The van der Waals surface area contributed by atoms with Crippen LogP contribution in [0.4, 0.5) is 0 Å². The van der Waals surface area contributed by atoms with E-state index in [0.29, 0.717) is 0 Å². The summed E-state index contributed by atoms with van der Waals surface area (Å²) in [6, 6.07) is 0.304. The Morgan fingerprint density at radius 2 is 2.11 bits per heavy atom. The Morgan fingerprint density at radius 3 is 2.67 bits per heavy atom. The van der Waals surface area contributed by atoms with Crippen molar-refractivity contribution in [2.75, 3.05) is 20.1 Å². The van der Waals surface area contributed by atoms with Crippen molar-refractivity contribution in [3.05, 3.63) is 0 Å². The lowest BCUT2D eigenvalue weighted by Gasteiger charge is -2.32. The van der Waals surface area contributed by atoms with Crippen LogP contribution in [0.5, 0.6) is 0 Å². The molecule has 0 saturated carbocycles. The van der Waals surface area contributed by atoms with Crippen LogP contribution in [0.15, 0.2) is 0 Å². The first-order valence-corrected chi connectivity index (χ1v) is 6.69. The van der Waals surface area contributed by atoms with E-state index in [1.54, 1.807) is 7.05 Å². The topological polar surface area (TPSA) is 61.4 Å². The number of rotatable bonds is 4. The second-order valence-electron chi connectivity index (χ2n) is 5.41. The lowest BCUT2D eigenvalue weighted by atomic mass is 9.91. The number of hydrogen-bond donors (Lipinski definition) is 2. The van der Waals surface area contributed by atoms with Crippen molar-refractivity contribution >= 4 is 11.8 Å². The lowest BCUT2D eigenvalue weighted by Crippen LogP contribution is -2.49. The Balaban J connectivity index is 2.47. The highest BCUT2D eigenvalue weighted by Crippen LogP contribution is 2.18. The van der Waals surface area contributed by atoms with Gasteiger partial charge in [0.15, 0.2) is 0 Å². The second kappa shape index (κ2) is 6.73. The molecule has 104 valence electrons. The fourth-order valence-corrected chi connectivity index (χ4v) is 2.33. The molecule has 1 fully saturated rings. The van der Waals surface area contributed by atoms with Gasteiger partial charge >= 0.3 is 0 Å². The molecule has 0 aromatic heterocycles. The largest absolute Gasteiger partial charge is 0.352 e. The van der Waals surface area contributed by atoms with Gasteiger partial charge in [-0.3, -0.25) is 9.59 Å². The standard InChI is InChI=1S/C13H25N3O2/c1-9(2)15-12(17)8-16(4)13(18)11-6-5-7-14-10(11)3/h9-11,14H,5-8H2,1-4H3,(H,15,17). The zero-order chi connectivity index (χ0) is 13.7. The van der Waals surface area contributed by atoms with Gasteiger partial charge in [-0.15, -0.1) is 0 Å². The molecule has 2 amide bonds. The van der Waals surface area contributed by atoms with Gasteiger partial charge in [-0.25, -0.2) is 0 Å². The molecule has 0 aliphatic carbocycles.